The van der Waals surface area contributed by atoms with E-state index in [4.69, 9.17) is 14.2 Å². The van der Waals surface area contributed by atoms with Crippen LogP contribution >= 0.6 is 0 Å². The Balaban J connectivity index is 1.37. The first kappa shape index (κ1) is 16.2. The molecule has 24 heavy (non-hydrogen) atoms. The number of hydrogen-bond donors (Lipinski definition) is 3. The Hall–Kier alpha value is -2.64. The maximum absolute atomic E-state index is 11.8. The summed E-state index contributed by atoms with van der Waals surface area (Å²) in [5.74, 6) is 1.86. The average molecular weight is 335 g/mol. The smallest absolute Gasteiger partial charge is 0.315 e. The Bertz CT molecular complexity index is 607. The molecule has 3 N–H and O–H groups in total. The van der Waals surface area contributed by atoms with E-state index in [9.17, 15) is 9.59 Å². The molecular weight excluding hydrogens is 314 g/mol. The van der Waals surface area contributed by atoms with E-state index in [0.29, 0.717) is 43.4 Å². The lowest BCUT2D eigenvalue weighted by Crippen LogP contribution is -2.49. The van der Waals surface area contributed by atoms with Gasteiger partial charge in [0, 0.05) is 12.6 Å². The number of ether oxygens (including phenoxy) is 3. The number of nitrogens with one attached hydrogen (secondary N) is 3. The van der Waals surface area contributed by atoms with E-state index in [-0.39, 0.29) is 18.7 Å². The van der Waals surface area contributed by atoms with Gasteiger partial charge in [-0.1, -0.05) is 0 Å². The minimum Gasteiger partial charge on any atom is -0.492 e. The number of carbonyl (C=O) groups is 2. The van der Waals surface area contributed by atoms with E-state index >= 15 is 0 Å². The zero-order chi connectivity index (χ0) is 16.8. The lowest BCUT2D eigenvalue weighted by molar-refractivity contribution is -0.122. The van der Waals surface area contributed by atoms with Crippen molar-refractivity contribution in [3.63, 3.8) is 0 Å². The van der Waals surface area contributed by atoms with Crippen molar-refractivity contribution >= 4 is 11.9 Å². The van der Waals surface area contributed by atoms with Crippen LogP contribution in [0.25, 0.3) is 0 Å². The van der Waals surface area contributed by atoms with E-state index in [2.05, 4.69) is 16.0 Å². The Morgan fingerprint density at radius 2 is 2.17 bits per heavy atom. The van der Waals surface area contributed by atoms with Crippen molar-refractivity contribution in [2.45, 2.75) is 25.3 Å². The number of rotatable bonds is 5. The fourth-order valence-corrected chi connectivity index (χ4v) is 2.59. The SMILES string of the molecule is O=C(NCCOc1ccc2c(c1)OCO2)N[C@@H]1CCCCNC1=O. The third-order valence-corrected chi connectivity index (χ3v) is 3.84. The third-order valence-electron chi connectivity index (χ3n) is 3.84. The Labute approximate surface area is 139 Å². The van der Waals surface area contributed by atoms with Gasteiger partial charge in [0.15, 0.2) is 11.5 Å². The summed E-state index contributed by atoms with van der Waals surface area (Å²) >= 11 is 0. The summed E-state index contributed by atoms with van der Waals surface area (Å²) in [6.45, 7) is 1.52. The molecule has 1 atom stereocenters. The quantitative estimate of drug-likeness (QED) is 0.690. The number of amides is 3. The van der Waals surface area contributed by atoms with Crippen molar-refractivity contribution < 1.29 is 23.8 Å². The van der Waals surface area contributed by atoms with Crippen LogP contribution in [-0.4, -0.2) is 44.5 Å². The summed E-state index contributed by atoms with van der Waals surface area (Å²) in [6, 6.07) is 4.47. The zero-order valence-corrected chi connectivity index (χ0v) is 13.3. The molecule has 1 fully saturated rings. The largest absolute Gasteiger partial charge is 0.492 e. The van der Waals surface area contributed by atoms with E-state index in [0.717, 1.165) is 12.8 Å². The topological polar surface area (TPSA) is 97.9 Å². The molecule has 3 rings (SSSR count). The summed E-state index contributed by atoms with van der Waals surface area (Å²) in [5, 5.41) is 8.15. The maximum Gasteiger partial charge on any atom is 0.315 e. The van der Waals surface area contributed by atoms with Gasteiger partial charge in [-0.15, -0.1) is 0 Å². The van der Waals surface area contributed by atoms with Gasteiger partial charge in [-0.2, -0.15) is 0 Å². The molecule has 2 heterocycles. The van der Waals surface area contributed by atoms with Crippen LogP contribution < -0.4 is 30.2 Å². The van der Waals surface area contributed by atoms with Crippen molar-refractivity contribution in [3.8, 4) is 17.2 Å². The lowest BCUT2D eigenvalue weighted by Gasteiger charge is -2.16. The second kappa shape index (κ2) is 7.76. The molecule has 0 radical (unpaired) electrons. The first-order valence-corrected chi connectivity index (χ1v) is 8.07. The molecule has 2 aliphatic rings. The highest BCUT2D eigenvalue weighted by Crippen LogP contribution is 2.34. The van der Waals surface area contributed by atoms with Gasteiger partial charge in [0.05, 0.1) is 6.54 Å². The van der Waals surface area contributed by atoms with Crippen LogP contribution in [0, 0.1) is 0 Å². The van der Waals surface area contributed by atoms with Gasteiger partial charge >= 0.3 is 6.03 Å². The summed E-state index contributed by atoms with van der Waals surface area (Å²) < 4.78 is 16.0. The van der Waals surface area contributed by atoms with Crippen LogP contribution in [0.4, 0.5) is 4.79 Å². The van der Waals surface area contributed by atoms with E-state index in [1.807, 2.05) is 0 Å². The van der Waals surface area contributed by atoms with Crippen LogP contribution in [-0.2, 0) is 4.79 Å². The summed E-state index contributed by atoms with van der Waals surface area (Å²) in [6.07, 6.45) is 2.51. The highest BCUT2D eigenvalue weighted by Gasteiger charge is 2.22. The molecule has 3 amide bonds. The number of urea groups is 1. The standard InChI is InChI=1S/C16H21N3O5/c20-15-12(3-1-2-6-17-15)19-16(21)18-7-8-22-11-4-5-13-14(9-11)24-10-23-13/h4-5,9,12H,1-3,6-8,10H2,(H,17,20)(H2,18,19,21)/t12-/m1/s1. The van der Waals surface area contributed by atoms with Gasteiger partial charge < -0.3 is 30.2 Å². The number of carbonyl (C=O) groups excluding carboxylic acids is 2. The van der Waals surface area contributed by atoms with Crippen molar-refractivity contribution in [2.75, 3.05) is 26.5 Å². The summed E-state index contributed by atoms with van der Waals surface area (Å²) in [5.41, 5.74) is 0. The van der Waals surface area contributed by atoms with Gasteiger partial charge in [-0.25, -0.2) is 4.79 Å². The third kappa shape index (κ3) is 4.21. The molecule has 0 bridgehead atoms. The molecule has 1 saturated heterocycles. The first-order chi connectivity index (χ1) is 11.7. The monoisotopic (exact) mass is 335 g/mol. The van der Waals surface area contributed by atoms with Crippen LogP contribution in [0.3, 0.4) is 0 Å². The number of hydrogen-bond acceptors (Lipinski definition) is 5. The molecule has 0 unspecified atom stereocenters. The predicted octanol–water partition coefficient (Wildman–Crippen LogP) is 0.762. The fourth-order valence-electron chi connectivity index (χ4n) is 2.59. The van der Waals surface area contributed by atoms with Gasteiger partial charge in [0.25, 0.3) is 0 Å². The van der Waals surface area contributed by atoms with Gasteiger partial charge in [-0.05, 0) is 31.4 Å². The molecule has 0 aromatic heterocycles. The van der Waals surface area contributed by atoms with Crippen molar-refractivity contribution in [1.29, 1.82) is 0 Å². The predicted molar refractivity (Wildman–Crippen MR) is 85.2 cm³/mol. The Morgan fingerprint density at radius 3 is 3.08 bits per heavy atom. The molecule has 0 aliphatic carbocycles. The van der Waals surface area contributed by atoms with Crippen molar-refractivity contribution in [2.24, 2.45) is 0 Å². The normalized spacial score (nSPS) is 19.2. The van der Waals surface area contributed by atoms with E-state index < -0.39 is 6.04 Å². The van der Waals surface area contributed by atoms with Crippen LogP contribution in [0.1, 0.15) is 19.3 Å². The molecule has 1 aromatic rings. The molecule has 8 heteroatoms. The summed E-state index contributed by atoms with van der Waals surface area (Å²) in [4.78, 5) is 23.6. The zero-order valence-electron chi connectivity index (χ0n) is 13.3. The molecule has 0 spiro atoms. The van der Waals surface area contributed by atoms with Crippen molar-refractivity contribution in [1.82, 2.24) is 16.0 Å². The molecule has 8 nitrogen and oxygen atoms in total. The number of benzene rings is 1. The summed E-state index contributed by atoms with van der Waals surface area (Å²) in [7, 11) is 0. The first-order valence-electron chi connectivity index (χ1n) is 8.07. The maximum atomic E-state index is 11.8. The lowest BCUT2D eigenvalue weighted by atomic mass is 10.1. The Morgan fingerprint density at radius 1 is 1.29 bits per heavy atom. The van der Waals surface area contributed by atoms with Crippen LogP contribution in [0.2, 0.25) is 0 Å². The van der Waals surface area contributed by atoms with Gasteiger partial charge in [0.1, 0.15) is 18.4 Å². The van der Waals surface area contributed by atoms with Crippen LogP contribution in [0.5, 0.6) is 17.2 Å². The fraction of sp³-hybridized carbons (Fsp3) is 0.500. The molecule has 1 aromatic carbocycles. The van der Waals surface area contributed by atoms with Gasteiger partial charge in [-0.3, -0.25) is 4.79 Å². The van der Waals surface area contributed by atoms with Gasteiger partial charge in [0.2, 0.25) is 12.7 Å². The minimum atomic E-state index is -0.470. The molecule has 130 valence electrons. The highest BCUT2D eigenvalue weighted by molar-refractivity contribution is 5.87. The number of fused-ring (bicyclic) bond motifs is 1. The minimum absolute atomic E-state index is 0.126. The second-order valence-corrected chi connectivity index (χ2v) is 5.60. The average Bonchev–Trinajstić information content (AvgIpc) is 2.96. The van der Waals surface area contributed by atoms with Crippen molar-refractivity contribution in [3.05, 3.63) is 18.2 Å². The highest BCUT2D eigenvalue weighted by atomic mass is 16.7. The second-order valence-electron chi connectivity index (χ2n) is 5.60. The molecular formula is C16H21N3O5. The van der Waals surface area contributed by atoms with E-state index in [1.54, 1.807) is 18.2 Å². The van der Waals surface area contributed by atoms with E-state index in [1.165, 1.54) is 0 Å². The molecule has 0 saturated carbocycles. The van der Waals surface area contributed by atoms with Crippen LogP contribution in [0.15, 0.2) is 18.2 Å². The Kier molecular flexibility index (Phi) is 5.25. The molecule has 2 aliphatic heterocycles.